The molecule has 2 aliphatic carbocycles. The second kappa shape index (κ2) is 5.99. The largest absolute Gasteiger partial charge is 0.139 e. The van der Waals surface area contributed by atoms with Gasteiger partial charge in [-0.05, 0) is 42.1 Å². The van der Waals surface area contributed by atoms with Gasteiger partial charge < -0.3 is 0 Å². The lowest BCUT2D eigenvalue weighted by atomic mass is 9.51. The third-order valence-electron chi connectivity index (χ3n) is 6.84. The maximum Gasteiger partial charge on any atom is 0.0795 e. The number of hydrogen-bond donors (Lipinski definition) is 0. The molecule has 3 aliphatic rings. The van der Waals surface area contributed by atoms with E-state index in [0.717, 1.165) is 0 Å². The number of allylic oxidation sites excluding steroid dienone is 2. The van der Waals surface area contributed by atoms with Crippen LogP contribution in [0.2, 0.25) is 0 Å². The van der Waals surface area contributed by atoms with Crippen molar-refractivity contribution in [2.75, 3.05) is 11.5 Å². The molecular weight excluding hydrogens is 328 g/mol. The molecule has 1 saturated carbocycles. The summed E-state index contributed by atoms with van der Waals surface area (Å²) in [6.07, 6.45) is 10.3. The van der Waals surface area contributed by atoms with Crippen LogP contribution < -0.4 is 0 Å². The molecule has 1 aliphatic heterocycles. The van der Waals surface area contributed by atoms with Crippen molar-refractivity contribution >= 4 is 29.6 Å². The van der Waals surface area contributed by atoms with Crippen LogP contribution in [0.15, 0.2) is 47.6 Å². The number of benzene rings is 1. The second-order valence-corrected chi connectivity index (χ2v) is 11.3. The Balaban J connectivity index is 1.71. The lowest BCUT2D eigenvalue weighted by Crippen LogP contribution is -2.45. The van der Waals surface area contributed by atoms with Crippen LogP contribution in [0.3, 0.4) is 0 Å². The minimum Gasteiger partial charge on any atom is -0.139 e. The van der Waals surface area contributed by atoms with Crippen molar-refractivity contribution in [2.45, 2.75) is 50.5 Å². The van der Waals surface area contributed by atoms with Gasteiger partial charge in [-0.25, -0.2) is 0 Å². The molecule has 0 aromatic heterocycles. The Morgan fingerprint density at radius 2 is 1.62 bits per heavy atom. The average molecular weight is 357 g/mol. The number of thioether (sulfide) groups is 2. The number of rotatable bonds is 1. The molecule has 1 spiro atoms. The molecule has 0 radical (unpaired) electrons. The monoisotopic (exact) mass is 356 g/mol. The van der Waals surface area contributed by atoms with E-state index in [-0.39, 0.29) is 5.41 Å². The molecule has 1 aromatic carbocycles. The van der Waals surface area contributed by atoms with Gasteiger partial charge >= 0.3 is 0 Å². The van der Waals surface area contributed by atoms with Crippen molar-refractivity contribution in [2.24, 2.45) is 10.8 Å². The topological polar surface area (TPSA) is 0 Å². The van der Waals surface area contributed by atoms with Crippen molar-refractivity contribution < 1.29 is 0 Å². The van der Waals surface area contributed by atoms with E-state index in [0.29, 0.717) is 9.49 Å². The van der Waals surface area contributed by atoms with Gasteiger partial charge in [-0.2, -0.15) is 0 Å². The smallest absolute Gasteiger partial charge is 0.0795 e. The van der Waals surface area contributed by atoms with Crippen molar-refractivity contribution in [3.8, 4) is 0 Å². The third-order valence-corrected chi connectivity index (χ3v) is 10.2. The average Bonchev–Trinajstić information content (AvgIpc) is 3.02. The van der Waals surface area contributed by atoms with Gasteiger partial charge in [0, 0.05) is 11.5 Å². The highest BCUT2D eigenvalue weighted by Crippen LogP contribution is 2.64. The maximum atomic E-state index is 2.69. The fraction of sp³-hybridized carbons (Fsp3) is 0.545. The maximum absolute atomic E-state index is 2.69. The summed E-state index contributed by atoms with van der Waals surface area (Å²) in [6.45, 7) is 7.51. The van der Waals surface area contributed by atoms with Crippen molar-refractivity contribution in [3.05, 3.63) is 53.1 Å². The van der Waals surface area contributed by atoms with Crippen LogP contribution in [0.25, 0.3) is 6.08 Å². The second-order valence-electron chi connectivity index (χ2n) is 8.22. The molecule has 128 valence electrons. The van der Waals surface area contributed by atoms with E-state index < -0.39 is 0 Å². The molecule has 1 heterocycles. The van der Waals surface area contributed by atoms with E-state index in [1.807, 2.05) is 0 Å². The van der Waals surface area contributed by atoms with Gasteiger partial charge in [-0.3, -0.25) is 0 Å². The van der Waals surface area contributed by atoms with Gasteiger partial charge in [0.05, 0.1) is 4.08 Å². The van der Waals surface area contributed by atoms with Gasteiger partial charge in [0.25, 0.3) is 0 Å². The van der Waals surface area contributed by atoms with Gasteiger partial charge in [0.1, 0.15) is 0 Å². The minimum atomic E-state index is 0.239. The summed E-state index contributed by atoms with van der Waals surface area (Å²) < 4.78 is 0.408. The van der Waals surface area contributed by atoms with E-state index in [1.54, 1.807) is 11.1 Å². The van der Waals surface area contributed by atoms with Crippen LogP contribution in [0.1, 0.15) is 52.0 Å². The quantitative estimate of drug-likeness (QED) is 0.508. The summed E-state index contributed by atoms with van der Waals surface area (Å²) in [7, 11) is 0. The summed E-state index contributed by atoms with van der Waals surface area (Å²) >= 11 is 4.39. The highest BCUT2D eigenvalue weighted by atomic mass is 32.2. The highest BCUT2D eigenvalue weighted by Gasteiger charge is 2.53. The Morgan fingerprint density at radius 1 is 0.917 bits per heavy atom. The molecular formula is C22H28S2. The molecule has 1 unspecified atom stereocenters. The van der Waals surface area contributed by atoms with Crippen LogP contribution >= 0.6 is 23.5 Å². The molecule has 0 amide bonds. The van der Waals surface area contributed by atoms with Gasteiger partial charge in [0.2, 0.25) is 0 Å². The van der Waals surface area contributed by atoms with E-state index >= 15 is 0 Å². The van der Waals surface area contributed by atoms with Crippen LogP contribution in [-0.4, -0.2) is 15.6 Å². The van der Waals surface area contributed by atoms with Gasteiger partial charge in [0.15, 0.2) is 0 Å². The minimum absolute atomic E-state index is 0.239. The Hall–Kier alpha value is -0.600. The molecule has 0 bridgehead atoms. The predicted octanol–water partition coefficient (Wildman–Crippen LogP) is 6.79. The molecule has 0 N–H and O–H groups in total. The Labute approximate surface area is 155 Å². The SMILES string of the molecule is CC12CCC3(C=C1CC/C(=C\c1ccccc1)C2(C)C)SCCS3. The van der Waals surface area contributed by atoms with E-state index in [1.165, 1.54) is 42.8 Å². The van der Waals surface area contributed by atoms with Crippen LogP contribution in [0.5, 0.6) is 0 Å². The zero-order valence-electron chi connectivity index (χ0n) is 15.1. The fourth-order valence-electron chi connectivity index (χ4n) is 4.78. The molecule has 1 atom stereocenters. The molecule has 1 saturated heterocycles. The lowest BCUT2D eigenvalue weighted by Gasteiger charge is -2.55. The van der Waals surface area contributed by atoms with Gasteiger partial charge in [-0.1, -0.05) is 74.4 Å². The summed E-state index contributed by atoms with van der Waals surface area (Å²) in [4.78, 5) is 0. The molecule has 0 nitrogen and oxygen atoms in total. The first kappa shape index (κ1) is 16.8. The van der Waals surface area contributed by atoms with Crippen molar-refractivity contribution in [1.82, 2.24) is 0 Å². The summed E-state index contributed by atoms with van der Waals surface area (Å²) in [5.41, 5.74) is 5.29. The van der Waals surface area contributed by atoms with E-state index in [2.05, 4.69) is 86.8 Å². The Kier molecular flexibility index (Phi) is 4.20. The standard InChI is InChI=1S/C22H28S2/c1-20(2)18(15-17-7-5-4-6-8-17)9-10-19-16-22(23-13-14-24-22)12-11-21(19,20)3/h4-8,15-16H,9-14H2,1-3H3/b18-15+. The number of fused-ring (bicyclic) bond motifs is 1. The summed E-state index contributed by atoms with van der Waals surface area (Å²) in [6, 6.07) is 10.9. The summed E-state index contributed by atoms with van der Waals surface area (Å²) in [5.74, 6) is 2.65. The normalized spacial score (nSPS) is 32.6. The number of hydrogen-bond acceptors (Lipinski definition) is 2. The molecule has 24 heavy (non-hydrogen) atoms. The predicted molar refractivity (Wildman–Crippen MR) is 111 cm³/mol. The van der Waals surface area contributed by atoms with E-state index in [9.17, 15) is 0 Å². The Morgan fingerprint density at radius 3 is 2.33 bits per heavy atom. The third kappa shape index (κ3) is 2.61. The van der Waals surface area contributed by atoms with E-state index in [4.69, 9.17) is 0 Å². The fourth-order valence-corrected chi connectivity index (χ4v) is 7.92. The lowest BCUT2D eigenvalue weighted by molar-refractivity contribution is 0.123. The zero-order valence-corrected chi connectivity index (χ0v) is 16.7. The van der Waals surface area contributed by atoms with Crippen LogP contribution in [-0.2, 0) is 0 Å². The zero-order chi connectivity index (χ0) is 16.8. The molecule has 2 fully saturated rings. The molecule has 4 rings (SSSR count). The highest BCUT2D eigenvalue weighted by molar-refractivity contribution is 8.21. The first-order chi connectivity index (χ1) is 11.5. The van der Waals surface area contributed by atoms with Crippen LogP contribution in [0.4, 0.5) is 0 Å². The molecule has 1 aromatic rings. The van der Waals surface area contributed by atoms with Crippen LogP contribution in [0, 0.1) is 10.8 Å². The first-order valence-electron chi connectivity index (χ1n) is 9.22. The van der Waals surface area contributed by atoms with Gasteiger partial charge in [-0.15, -0.1) is 23.5 Å². The summed E-state index contributed by atoms with van der Waals surface area (Å²) in [5, 5.41) is 0. The van der Waals surface area contributed by atoms with Crippen molar-refractivity contribution in [3.63, 3.8) is 0 Å². The molecule has 2 heteroatoms. The van der Waals surface area contributed by atoms with Crippen molar-refractivity contribution in [1.29, 1.82) is 0 Å². The Bertz CT molecular complexity index is 677. The first-order valence-corrected chi connectivity index (χ1v) is 11.2.